The summed E-state index contributed by atoms with van der Waals surface area (Å²) >= 11 is 1.18. The highest BCUT2D eigenvalue weighted by Crippen LogP contribution is 2.15. The van der Waals surface area contributed by atoms with Gasteiger partial charge in [0.25, 0.3) is 0 Å². The Morgan fingerprint density at radius 2 is 1.93 bits per heavy atom. The lowest BCUT2D eigenvalue weighted by atomic mass is 10.1. The van der Waals surface area contributed by atoms with E-state index in [0.717, 1.165) is 11.8 Å². The van der Waals surface area contributed by atoms with E-state index in [1.54, 1.807) is 0 Å². The van der Waals surface area contributed by atoms with Crippen LogP contribution in [0.3, 0.4) is 0 Å². The van der Waals surface area contributed by atoms with Gasteiger partial charge >= 0.3 is 5.97 Å². The number of hydrogen-bond acceptors (Lipinski definition) is 5. The average molecular weight is 233 g/mol. The summed E-state index contributed by atoms with van der Waals surface area (Å²) in [5.74, 6) is -2.10. The lowest BCUT2D eigenvalue weighted by Crippen LogP contribution is -2.53. The van der Waals surface area contributed by atoms with Gasteiger partial charge in [0.15, 0.2) is 5.60 Å². The van der Waals surface area contributed by atoms with Crippen molar-refractivity contribution in [2.45, 2.75) is 12.5 Å². The molecule has 0 radical (unpaired) electrons. The van der Waals surface area contributed by atoms with Gasteiger partial charge in [-0.25, -0.2) is 4.79 Å². The van der Waals surface area contributed by atoms with E-state index in [0.29, 0.717) is 0 Å². The Morgan fingerprint density at radius 1 is 1.47 bits per heavy atom. The van der Waals surface area contributed by atoms with Gasteiger partial charge < -0.3 is 10.2 Å². The number of carboxylic acids is 1. The first-order valence-electron chi connectivity index (χ1n) is 4.21. The molecule has 0 aromatic carbocycles. The van der Waals surface area contributed by atoms with Crippen LogP contribution in [0.1, 0.15) is 6.92 Å². The van der Waals surface area contributed by atoms with Crippen LogP contribution in [0.15, 0.2) is 0 Å². The standard InChI is InChI=1S/C8H11NO5S/c1-8(14,7(12)13)4-9-5(10)2-15-3-6(9)11/h14H,2-4H2,1H3,(H,12,13). The number of carbonyl (C=O) groups excluding carboxylic acids is 2. The maximum atomic E-state index is 11.3. The van der Waals surface area contributed by atoms with Gasteiger partial charge in [-0.2, -0.15) is 0 Å². The maximum absolute atomic E-state index is 11.3. The molecule has 1 aliphatic heterocycles. The summed E-state index contributed by atoms with van der Waals surface area (Å²) in [4.78, 5) is 34.0. The van der Waals surface area contributed by atoms with Crippen molar-refractivity contribution in [1.82, 2.24) is 4.90 Å². The van der Waals surface area contributed by atoms with Crippen molar-refractivity contribution in [3.05, 3.63) is 0 Å². The molecule has 84 valence electrons. The van der Waals surface area contributed by atoms with Gasteiger partial charge in [-0.15, -0.1) is 11.8 Å². The van der Waals surface area contributed by atoms with E-state index in [1.807, 2.05) is 0 Å². The molecule has 1 atom stereocenters. The molecule has 0 bridgehead atoms. The number of thioether (sulfide) groups is 1. The van der Waals surface area contributed by atoms with Crippen LogP contribution in [0.25, 0.3) is 0 Å². The Morgan fingerprint density at radius 3 is 2.33 bits per heavy atom. The first kappa shape index (κ1) is 12.0. The third-order valence-corrected chi connectivity index (χ3v) is 2.88. The number of carboxylic acid groups (broad SMARTS) is 1. The number of imide groups is 1. The topological polar surface area (TPSA) is 94.9 Å². The first-order valence-corrected chi connectivity index (χ1v) is 5.37. The zero-order valence-electron chi connectivity index (χ0n) is 8.10. The Labute approximate surface area is 90.2 Å². The molecule has 2 amide bonds. The predicted molar refractivity (Wildman–Crippen MR) is 52.3 cm³/mol. The lowest BCUT2D eigenvalue weighted by Gasteiger charge is -2.29. The van der Waals surface area contributed by atoms with E-state index < -0.39 is 29.9 Å². The van der Waals surface area contributed by atoms with Gasteiger partial charge in [0.05, 0.1) is 18.1 Å². The zero-order valence-corrected chi connectivity index (χ0v) is 8.91. The van der Waals surface area contributed by atoms with E-state index in [-0.39, 0.29) is 11.5 Å². The summed E-state index contributed by atoms with van der Waals surface area (Å²) in [6, 6.07) is 0. The lowest BCUT2D eigenvalue weighted by molar-refractivity contribution is -0.161. The fourth-order valence-corrected chi connectivity index (χ4v) is 1.84. The van der Waals surface area contributed by atoms with Crippen molar-refractivity contribution in [1.29, 1.82) is 0 Å². The van der Waals surface area contributed by atoms with Gasteiger partial charge in [-0.05, 0) is 6.92 Å². The van der Waals surface area contributed by atoms with Crippen LogP contribution in [0.4, 0.5) is 0 Å². The first-order chi connectivity index (χ1) is 6.84. The molecule has 2 N–H and O–H groups in total. The number of nitrogens with zero attached hydrogens (tertiary/aromatic N) is 1. The Hall–Kier alpha value is -1.08. The van der Waals surface area contributed by atoms with Crippen LogP contribution in [-0.4, -0.2) is 56.5 Å². The molecule has 7 heteroatoms. The van der Waals surface area contributed by atoms with Gasteiger partial charge in [-0.1, -0.05) is 0 Å². The van der Waals surface area contributed by atoms with Crippen LogP contribution in [0, 0.1) is 0 Å². The van der Waals surface area contributed by atoms with E-state index in [4.69, 9.17) is 5.11 Å². The van der Waals surface area contributed by atoms with E-state index in [2.05, 4.69) is 0 Å². The number of aliphatic hydroxyl groups is 1. The SMILES string of the molecule is CC(O)(CN1C(=O)CSCC1=O)C(=O)O. The quantitative estimate of drug-likeness (QED) is 0.602. The summed E-state index contributed by atoms with van der Waals surface area (Å²) in [7, 11) is 0. The summed E-state index contributed by atoms with van der Waals surface area (Å²) in [5, 5.41) is 18.1. The minimum absolute atomic E-state index is 0.140. The molecule has 1 aliphatic rings. The van der Waals surface area contributed by atoms with E-state index in [9.17, 15) is 19.5 Å². The number of amides is 2. The largest absolute Gasteiger partial charge is 0.479 e. The van der Waals surface area contributed by atoms with Crippen molar-refractivity contribution < 1.29 is 24.6 Å². The Balaban J connectivity index is 2.75. The summed E-state index contributed by atoms with van der Waals surface area (Å²) in [5.41, 5.74) is -2.09. The molecule has 0 spiro atoms. The number of rotatable bonds is 3. The smallest absolute Gasteiger partial charge is 0.337 e. The molecule has 1 heterocycles. The number of hydrogen-bond donors (Lipinski definition) is 2. The highest BCUT2D eigenvalue weighted by Gasteiger charge is 2.37. The normalized spacial score (nSPS) is 21.3. The van der Waals surface area contributed by atoms with Crippen LogP contribution in [0.5, 0.6) is 0 Å². The third kappa shape index (κ3) is 2.69. The molecule has 6 nitrogen and oxygen atoms in total. The number of aliphatic carboxylic acids is 1. The Kier molecular flexibility index (Phi) is 3.35. The molecule has 0 aromatic heterocycles. The molecule has 0 aliphatic carbocycles. The van der Waals surface area contributed by atoms with Gasteiger partial charge in [0.1, 0.15) is 0 Å². The third-order valence-electron chi connectivity index (χ3n) is 1.98. The molecule has 0 saturated carbocycles. The summed E-state index contributed by atoms with van der Waals surface area (Å²) in [6.45, 7) is 0.554. The molecule has 15 heavy (non-hydrogen) atoms. The summed E-state index contributed by atoms with van der Waals surface area (Å²) < 4.78 is 0. The van der Waals surface area contributed by atoms with Crippen molar-refractivity contribution in [3.8, 4) is 0 Å². The number of β-amino-alcohol motifs (C(OH)–C–C–N with tert-alkyl or cyclic N) is 1. The Bertz CT molecular complexity index is 298. The van der Waals surface area contributed by atoms with Crippen molar-refractivity contribution in [3.63, 3.8) is 0 Å². The van der Waals surface area contributed by atoms with Crippen LogP contribution >= 0.6 is 11.8 Å². The minimum atomic E-state index is -2.09. The number of carbonyl (C=O) groups is 3. The molecular weight excluding hydrogens is 222 g/mol. The summed E-state index contributed by atoms with van der Waals surface area (Å²) in [6.07, 6.45) is 0. The maximum Gasteiger partial charge on any atom is 0.337 e. The molecule has 1 rings (SSSR count). The fourth-order valence-electron chi connectivity index (χ4n) is 1.07. The highest BCUT2D eigenvalue weighted by molar-refractivity contribution is 8.00. The van der Waals surface area contributed by atoms with Crippen LogP contribution in [-0.2, 0) is 14.4 Å². The zero-order chi connectivity index (χ0) is 11.6. The van der Waals surface area contributed by atoms with Crippen molar-refractivity contribution >= 4 is 29.5 Å². The molecular formula is C8H11NO5S. The van der Waals surface area contributed by atoms with E-state index in [1.165, 1.54) is 11.8 Å². The van der Waals surface area contributed by atoms with Gasteiger partial charge in [0, 0.05) is 0 Å². The van der Waals surface area contributed by atoms with E-state index >= 15 is 0 Å². The highest BCUT2D eigenvalue weighted by atomic mass is 32.2. The average Bonchev–Trinajstić information content (AvgIpc) is 2.11. The second kappa shape index (κ2) is 4.19. The van der Waals surface area contributed by atoms with Gasteiger partial charge in [0.2, 0.25) is 11.8 Å². The van der Waals surface area contributed by atoms with Crippen molar-refractivity contribution in [2.75, 3.05) is 18.1 Å². The predicted octanol–water partition coefficient (Wildman–Crippen LogP) is -1.08. The van der Waals surface area contributed by atoms with Crippen molar-refractivity contribution in [2.24, 2.45) is 0 Å². The molecule has 1 fully saturated rings. The second-order valence-electron chi connectivity index (χ2n) is 3.45. The molecule has 1 unspecified atom stereocenters. The fraction of sp³-hybridized carbons (Fsp3) is 0.625. The molecule has 1 saturated heterocycles. The monoisotopic (exact) mass is 233 g/mol. The van der Waals surface area contributed by atoms with Crippen LogP contribution < -0.4 is 0 Å². The van der Waals surface area contributed by atoms with Crippen LogP contribution in [0.2, 0.25) is 0 Å². The second-order valence-corrected chi connectivity index (χ2v) is 4.43. The molecule has 0 aromatic rings. The van der Waals surface area contributed by atoms with Gasteiger partial charge in [-0.3, -0.25) is 14.5 Å². The minimum Gasteiger partial charge on any atom is -0.479 e.